The summed E-state index contributed by atoms with van der Waals surface area (Å²) >= 11 is 0. The van der Waals surface area contributed by atoms with Gasteiger partial charge >= 0.3 is 6.18 Å². The Morgan fingerprint density at radius 1 is 0.950 bits per heavy atom. The van der Waals surface area contributed by atoms with Crippen LogP contribution in [-0.2, 0) is 12.6 Å². The van der Waals surface area contributed by atoms with Crippen molar-refractivity contribution in [2.75, 3.05) is 31.1 Å². The predicted octanol–water partition coefficient (Wildman–Crippen LogP) is 6.37. The highest BCUT2D eigenvalue weighted by molar-refractivity contribution is 6.07. The minimum atomic E-state index is -4.49. The van der Waals surface area contributed by atoms with Crippen LogP contribution in [-0.4, -0.2) is 52.1 Å². The van der Waals surface area contributed by atoms with E-state index in [9.17, 15) is 18.0 Å². The molecule has 0 unspecified atom stereocenters. The molecular weight excluding hydrogens is 519 g/mol. The summed E-state index contributed by atoms with van der Waals surface area (Å²) in [5.74, 6) is 1.09. The molecule has 3 heterocycles. The highest BCUT2D eigenvalue weighted by Crippen LogP contribution is 2.37. The number of aromatic nitrogens is 3. The lowest BCUT2D eigenvalue weighted by Crippen LogP contribution is -2.49. The van der Waals surface area contributed by atoms with Gasteiger partial charge < -0.3 is 14.3 Å². The summed E-state index contributed by atoms with van der Waals surface area (Å²) in [5, 5.41) is 6.51. The fraction of sp³-hybridized carbons (Fsp3) is 0.267. The van der Waals surface area contributed by atoms with Crippen molar-refractivity contribution >= 4 is 33.6 Å². The summed E-state index contributed by atoms with van der Waals surface area (Å²) in [6, 6.07) is 18.5. The van der Waals surface area contributed by atoms with Crippen molar-refractivity contribution in [3.8, 4) is 11.3 Å². The van der Waals surface area contributed by atoms with Gasteiger partial charge in [-0.2, -0.15) is 18.2 Å². The van der Waals surface area contributed by atoms with Crippen molar-refractivity contribution in [3.63, 3.8) is 0 Å². The van der Waals surface area contributed by atoms with Crippen LogP contribution in [0.3, 0.4) is 0 Å². The highest BCUT2D eigenvalue weighted by Gasteiger charge is 2.32. The molecule has 7 nitrogen and oxygen atoms in total. The summed E-state index contributed by atoms with van der Waals surface area (Å²) in [6.45, 7) is 3.91. The molecule has 0 spiro atoms. The second-order valence-corrected chi connectivity index (χ2v) is 9.81. The molecule has 1 aliphatic heterocycles. The number of anilines is 1. The van der Waals surface area contributed by atoms with E-state index in [4.69, 9.17) is 9.51 Å². The van der Waals surface area contributed by atoms with Gasteiger partial charge in [-0.05, 0) is 35.4 Å². The third-order valence-corrected chi connectivity index (χ3v) is 7.19. The van der Waals surface area contributed by atoms with Gasteiger partial charge in [0.1, 0.15) is 22.7 Å². The summed E-state index contributed by atoms with van der Waals surface area (Å²) < 4.78 is 45.8. The number of hydrogen-bond acceptors (Lipinski definition) is 6. The lowest BCUT2D eigenvalue weighted by Gasteiger charge is -2.36. The van der Waals surface area contributed by atoms with Crippen molar-refractivity contribution in [3.05, 3.63) is 83.7 Å². The summed E-state index contributed by atoms with van der Waals surface area (Å²) in [4.78, 5) is 26.6. The standard InChI is InChI=1S/C30H26F3N5O2/c1-2-7-24-34-27(25-26(36-40-28(25)35-24)20-10-5-11-21(18-20)30(31,32)33)37-14-16-38(17-15-37)29(39)23-13-6-9-19-8-3-4-12-22(19)23/h3-6,8-13,18H,2,7,14-17H2,1H3. The lowest BCUT2D eigenvalue weighted by atomic mass is 10.0. The van der Waals surface area contributed by atoms with Gasteiger partial charge in [0.25, 0.3) is 11.6 Å². The van der Waals surface area contributed by atoms with E-state index in [1.54, 1.807) is 6.07 Å². The highest BCUT2D eigenvalue weighted by atomic mass is 19.4. The topological polar surface area (TPSA) is 75.4 Å². The Hall–Kier alpha value is -4.47. The molecule has 1 amide bonds. The van der Waals surface area contributed by atoms with Crippen LogP contribution in [0.15, 0.2) is 71.3 Å². The molecule has 0 atom stereocenters. The molecule has 0 saturated carbocycles. The minimum absolute atomic E-state index is 0.0365. The minimum Gasteiger partial charge on any atom is -0.352 e. The molecule has 0 radical (unpaired) electrons. The average Bonchev–Trinajstić information content (AvgIpc) is 3.40. The predicted molar refractivity (Wildman–Crippen MR) is 146 cm³/mol. The molecule has 204 valence electrons. The zero-order valence-corrected chi connectivity index (χ0v) is 21.8. The first kappa shape index (κ1) is 25.8. The number of benzene rings is 3. The second-order valence-electron chi connectivity index (χ2n) is 9.81. The molecule has 0 aliphatic carbocycles. The summed E-state index contributed by atoms with van der Waals surface area (Å²) in [6.07, 6.45) is -3.06. The number of carbonyl (C=O) groups is 1. The van der Waals surface area contributed by atoms with Crippen LogP contribution in [0, 0.1) is 0 Å². The summed E-state index contributed by atoms with van der Waals surface area (Å²) in [7, 11) is 0. The van der Waals surface area contributed by atoms with Crippen LogP contribution in [0.4, 0.5) is 19.0 Å². The molecule has 3 aromatic carbocycles. The van der Waals surface area contributed by atoms with E-state index >= 15 is 0 Å². The average molecular weight is 546 g/mol. The van der Waals surface area contributed by atoms with Crippen molar-refractivity contribution in [1.29, 1.82) is 0 Å². The van der Waals surface area contributed by atoms with E-state index in [1.807, 2.05) is 59.2 Å². The number of amides is 1. The smallest absolute Gasteiger partial charge is 0.352 e. The monoisotopic (exact) mass is 545 g/mol. The van der Waals surface area contributed by atoms with Gasteiger partial charge in [0.2, 0.25) is 0 Å². The Labute approximate surface area is 228 Å². The maximum atomic E-state index is 13.5. The van der Waals surface area contributed by atoms with Crippen LogP contribution in [0.25, 0.3) is 33.1 Å². The molecule has 5 aromatic rings. The van der Waals surface area contributed by atoms with Crippen LogP contribution >= 0.6 is 0 Å². The van der Waals surface area contributed by atoms with E-state index < -0.39 is 11.7 Å². The van der Waals surface area contributed by atoms with E-state index in [0.29, 0.717) is 55.2 Å². The molecule has 1 aliphatic rings. The fourth-order valence-electron chi connectivity index (χ4n) is 5.19. The number of hydrogen-bond donors (Lipinski definition) is 0. The van der Waals surface area contributed by atoms with E-state index in [0.717, 1.165) is 29.3 Å². The molecular formula is C30H26F3N5O2. The van der Waals surface area contributed by atoms with Crippen molar-refractivity contribution in [2.24, 2.45) is 0 Å². The number of nitrogens with zero attached hydrogens (tertiary/aromatic N) is 5. The van der Waals surface area contributed by atoms with E-state index in [2.05, 4.69) is 10.1 Å². The number of rotatable bonds is 5. The molecule has 2 aromatic heterocycles. The van der Waals surface area contributed by atoms with E-state index in [-0.39, 0.29) is 22.9 Å². The lowest BCUT2D eigenvalue weighted by molar-refractivity contribution is -0.137. The number of halogens is 3. The van der Waals surface area contributed by atoms with Gasteiger partial charge in [0.05, 0.1) is 5.56 Å². The largest absolute Gasteiger partial charge is 0.416 e. The Bertz CT molecular complexity index is 1700. The number of aryl methyl sites for hydroxylation is 1. The first-order chi connectivity index (χ1) is 19.3. The zero-order valence-electron chi connectivity index (χ0n) is 21.8. The first-order valence-corrected chi connectivity index (χ1v) is 13.2. The van der Waals surface area contributed by atoms with Crippen LogP contribution in [0.1, 0.15) is 35.1 Å². The number of alkyl halides is 3. The van der Waals surface area contributed by atoms with Gasteiger partial charge in [-0.15, -0.1) is 0 Å². The van der Waals surface area contributed by atoms with Gasteiger partial charge in [0.15, 0.2) is 0 Å². The molecule has 0 bridgehead atoms. The molecule has 40 heavy (non-hydrogen) atoms. The van der Waals surface area contributed by atoms with Crippen LogP contribution in [0.2, 0.25) is 0 Å². The van der Waals surface area contributed by atoms with Gasteiger partial charge in [-0.3, -0.25) is 4.79 Å². The molecule has 1 fully saturated rings. The third-order valence-electron chi connectivity index (χ3n) is 7.19. The van der Waals surface area contributed by atoms with Crippen LogP contribution in [0.5, 0.6) is 0 Å². The van der Waals surface area contributed by atoms with Crippen molar-refractivity contribution in [2.45, 2.75) is 25.9 Å². The maximum absolute atomic E-state index is 13.5. The third kappa shape index (κ3) is 4.74. The Morgan fingerprint density at radius 2 is 1.70 bits per heavy atom. The Kier molecular flexibility index (Phi) is 6.61. The SMILES string of the molecule is CCCc1nc(N2CCN(C(=O)c3cccc4ccccc34)CC2)c2c(-c3cccc(C(F)(F)F)c3)noc2n1. The van der Waals surface area contributed by atoms with Crippen molar-refractivity contribution < 1.29 is 22.5 Å². The molecule has 1 saturated heterocycles. The Balaban J connectivity index is 1.33. The van der Waals surface area contributed by atoms with Gasteiger partial charge in [0, 0.05) is 43.7 Å². The number of carbonyl (C=O) groups excluding carboxylic acids is 1. The quantitative estimate of drug-likeness (QED) is 0.255. The number of piperazine rings is 1. The normalized spacial score (nSPS) is 14.3. The van der Waals surface area contributed by atoms with Crippen LogP contribution < -0.4 is 4.90 Å². The summed E-state index contributed by atoms with van der Waals surface area (Å²) in [5.41, 5.74) is 0.647. The van der Waals surface area contributed by atoms with Gasteiger partial charge in [-0.1, -0.05) is 60.6 Å². The zero-order chi connectivity index (χ0) is 27.9. The van der Waals surface area contributed by atoms with Crippen molar-refractivity contribution in [1.82, 2.24) is 20.0 Å². The maximum Gasteiger partial charge on any atom is 0.416 e. The van der Waals surface area contributed by atoms with E-state index in [1.165, 1.54) is 6.07 Å². The molecule has 0 N–H and O–H groups in total. The van der Waals surface area contributed by atoms with Gasteiger partial charge in [-0.25, -0.2) is 4.98 Å². The number of fused-ring (bicyclic) bond motifs is 2. The molecule has 10 heteroatoms. The first-order valence-electron chi connectivity index (χ1n) is 13.2. The molecule has 6 rings (SSSR count). The Morgan fingerprint density at radius 3 is 2.48 bits per heavy atom. The fourth-order valence-corrected chi connectivity index (χ4v) is 5.19. The second kappa shape index (κ2) is 10.3.